The third kappa shape index (κ3) is 5.02. The van der Waals surface area contributed by atoms with Crippen LogP contribution >= 0.6 is 0 Å². The van der Waals surface area contributed by atoms with E-state index in [4.69, 9.17) is 4.74 Å². The molecule has 156 valence electrons. The fraction of sp³-hybridized carbons (Fsp3) is 0.476. The molecule has 1 aromatic carbocycles. The minimum atomic E-state index is -0.747. The summed E-state index contributed by atoms with van der Waals surface area (Å²) in [6.07, 6.45) is 2.41. The van der Waals surface area contributed by atoms with Gasteiger partial charge in [0.05, 0.1) is 6.04 Å². The summed E-state index contributed by atoms with van der Waals surface area (Å²) >= 11 is 0. The largest absolute Gasteiger partial charge is 0.501 e. The zero-order chi connectivity index (χ0) is 20.8. The van der Waals surface area contributed by atoms with Crippen LogP contribution in [0.5, 0.6) is 11.5 Å². The van der Waals surface area contributed by atoms with Gasteiger partial charge in [0.1, 0.15) is 23.9 Å². The lowest BCUT2D eigenvalue weighted by molar-refractivity contribution is 0.110. The van der Waals surface area contributed by atoms with Gasteiger partial charge in [-0.3, -0.25) is 14.5 Å². The summed E-state index contributed by atoms with van der Waals surface area (Å²) in [5.41, 5.74) is -0.752. The molecule has 3 rings (SSSR count). The fourth-order valence-electron chi connectivity index (χ4n) is 3.64. The first-order valence-corrected chi connectivity index (χ1v) is 9.86. The van der Waals surface area contributed by atoms with E-state index in [1.165, 1.54) is 0 Å². The Kier molecular flexibility index (Phi) is 7.00. The molecule has 1 aliphatic rings. The first kappa shape index (κ1) is 21.0. The molecule has 0 aliphatic carbocycles. The SMILES string of the molecule is CN(CCOc1ccccc1)CCn1c(C2CCCN2C)nc(=O)c(O)c1C=O. The molecule has 0 amide bonds. The lowest BCUT2D eigenvalue weighted by Crippen LogP contribution is -2.33. The molecule has 0 radical (unpaired) electrons. The number of carbonyl (C=O) groups excluding carboxylic acids is 1. The van der Waals surface area contributed by atoms with Gasteiger partial charge in [-0.15, -0.1) is 0 Å². The van der Waals surface area contributed by atoms with Crippen LogP contribution in [0.4, 0.5) is 0 Å². The maximum atomic E-state index is 12.1. The Balaban J connectivity index is 1.69. The number of para-hydroxylation sites is 1. The van der Waals surface area contributed by atoms with Crippen molar-refractivity contribution in [3.05, 3.63) is 52.2 Å². The number of nitrogens with zero attached hydrogens (tertiary/aromatic N) is 4. The maximum Gasteiger partial charge on any atom is 0.315 e. The number of benzene rings is 1. The summed E-state index contributed by atoms with van der Waals surface area (Å²) < 4.78 is 7.41. The predicted octanol–water partition coefficient (Wildman–Crippen LogP) is 1.54. The van der Waals surface area contributed by atoms with Gasteiger partial charge < -0.3 is 19.3 Å². The highest BCUT2D eigenvalue weighted by Gasteiger charge is 2.29. The van der Waals surface area contributed by atoms with Gasteiger partial charge >= 0.3 is 5.56 Å². The van der Waals surface area contributed by atoms with Gasteiger partial charge in [-0.25, -0.2) is 0 Å². The standard InChI is InChI=1S/C21H28N4O4/c1-23(13-14-29-16-7-4-3-5-8-16)11-12-25-18(15-26)19(27)21(28)22-20(25)17-9-6-10-24(17)2/h3-5,7-8,15,17,27H,6,9-14H2,1-2H3. The quantitative estimate of drug-likeness (QED) is 0.639. The predicted molar refractivity (Wildman–Crippen MR) is 110 cm³/mol. The van der Waals surface area contributed by atoms with E-state index in [1.807, 2.05) is 44.4 Å². The molecular weight excluding hydrogens is 372 g/mol. The van der Waals surface area contributed by atoms with E-state index in [0.717, 1.165) is 25.1 Å². The van der Waals surface area contributed by atoms with Crippen molar-refractivity contribution in [1.82, 2.24) is 19.4 Å². The molecule has 1 unspecified atom stereocenters. The van der Waals surface area contributed by atoms with Crippen molar-refractivity contribution < 1.29 is 14.6 Å². The van der Waals surface area contributed by atoms with Gasteiger partial charge in [0.2, 0.25) is 5.75 Å². The second-order valence-corrected chi connectivity index (χ2v) is 7.38. The average Bonchev–Trinajstić information content (AvgIpc) is 3.15. The summed E-state index contributed by atoms with van der Waals surface area (Å²) in [6.45, 7) is 3.20. The molecule has 29 heavy (non-hydrogen) atoms. The number of aldehydes is 1. The van der Waals surface area contributed by atoms with E-state index < -0.39 is 11.3 Å². The van der Waals surface area contributed by atoms with Crippen LogP contribution in [-0.4, -0.2) is 71.1 Å². The van der Waals surface area contributed by atoms with Crippen molar-refractivity contribution >= 4 is 6.29 Å². The zero-order valence-electron chi connectivity index (χ0n) is 17.0. The first-order chi connectivity index (χ1) is 14.0. The van der Waals surface area contributed by atoms with Gasteiger partial charge in [0.15, 0.2) is 6.29 Å². The number of aromatic nitrogens is 2. The van der Waals surface area contributed by atoms with Gasteiger partial charge in [-0.2, -0.15) is 4.98 Å². The molecule has 1 saturated heterocycles. The lowest BCUT2D eigenvalue weighted by atomic mass is 10.2. The third-order valence-electron chi connectivity index (χ3n) is 5.35. The molecule has 8 nitrogen and oxygen atoms in total. The normalized spacial score (nSPS) is 17.0. The summed E-state index contributed by atoms with van der Waals surface area (Å²) in [4.78, 5) is 32.0. The molecule has 0 bridgehead atoms. The van der Waals surface area contributed by atoms with E-state index in [-0.39, 0.29) is 11.7 Å². The van der Waals surface area contributed by atoms with E-state index in [0.29, 0.717) is 38.4 Å². The third-order valence-corrected chi connectivity index (χ3v) is 5.35. The Morgan fingerprint density at radius 2 is 2.07 bits per heavy atom. The van der Waals surface area contributed by atoms with E-state index in [1.54, 1.807) is 4.57 Å². The topological polar surface area (TPSA) is 87.9 Å². The molecular formula is C21H28N4O4. The van der Waals surface area contributed by atoms with Crippen LogP contribution in [0.15, 0.2) is 35.1 Å². The lowest BCUT2D eigenvalue weighted by Gasteiger charge is -2.25. The summed E-state index contributed by atoms with van der Waals surface area (Å²) in [7, 11) is 3.95. The minimum Gasteiger partial charge on any atom is -0.501 e. The van der Waals surface area contributed by atoms with Crippen molar-refractivity contribution in [3.63, 3.8) is 0 Å². The van der Waals surface area contributed by atoms with Gasteiger partial charge in [0, 0.05) is 19.6 Å². The molecule has 1 N–H and O–H groups in total. The molecule has 1 fully saturated rings. The van der Waals surface area contributed by atoms with Crippen LogP contribution in [0.2, 0.25) is 0 Å². The van der Waals surface area contributed by atoms with Crippen LogP contribution in [0, 0.1) is 0 Å². The average molecular weight is 400 g/mol. The Hall–Kier alpha value is -2.71. The zero-order valence-corrected chi connectivity index (χ0v) is 17.0. The monoisotopic (exact) mass is 400 g/mol. The number of ether oxygens (including phenoxy) is 1. The van der Waals surface area contributed by atoms with E-state index in [2.05, 4.69) is 14.8 Å². The number of hydrogen-bond donors (Lipinski definition) is 1. The maximum absolute atomic E-state index is 12.1. The Bertz CT molecular complexity index is 884. The number of rotatable bonds is 9. The van der Waals surface area contributed by atoms with Crippen LogP contribution in [0.25, 0.3) is 0 Å². The van der Waals surface area contributed by atoms with Crippen LogP contribution in [0.3, 0.4) is 0 Å². The van der Waals surface area contributed by atoms with E-state index >= 15 is 0 Å². The van der Waals surface area contributed by atoms with Crippen molar-refractivity contribution in [3.8, 4) is 11.5 Å². The second-order valence-electron chi connectivity index (χ2n) is 7.38. The summed E-state index contributed by atoms with van der Waals surface area (Å²) in [6, 6.07) is 9.59. The first-order valence-electron chi connectivity index (χ1n) is 9.86. The molecule has 1 aromatic heterocycles. The van der Waals surface area contributed by atoms with Gasteiger partial charge in [-0.05, 0) is 45.6 Å². The molecule has 0 saturated carbocycles. The fourth-order valence-corrected chi connectivity index (χ4v) is 3.64. The Labute approximate surface area is 170 Å². The van der Waals surface area contributed by atoms with Gasteiger partial charge in [0.25, 0.3) is 0 Å². The summed E-state index contributed by atoms with van der Waals surface area (Å²) in [5, 5.41) is 10.1. The Morgan fingerprint density at radius 1 is 1.31 bits per heavy atom. The molecule has 8 heteroatoms. The highest BCUT2D eigenvalue weighted by Crippen LogP contribution is 2.30. The van der Waals surface area contributed by atoms with Crippen molar-refractivity contribution in [2.75, 3.05) is 40.3 Å². The molecule has 0 spiro atoms. The number of likely N-dealkylation sites (N-methyl/N-ethyl adjacent to an activating group) is 1. The summed E-state index contributed by atoms with van der Waals surface area (Å²) in [5.74, 6) is 0.786. The minimum absolute atomic E-state index is 0.00534. The molecule has 1 aliphatic heterocycles. The number of likely N-dealkylation sites (tertiary alicyclic amines) is 1. The number of aromatic hydroxyl groups is 1. The molecule has 2 heterocycles. The second kappa shape index (κ2) is 9.67. The van der Waals surface area contributed by atoms with E-state index in [9.17, 15) is 14.7 Å². The molecule has 1 atom stereocenters. The highest BCUT2D eigenvalue weighted by atomic mass is 16.5. The van der Waals surface area contributed by atoms with Crippen LogP contribution in [0.1, 0.15) is 35.2 Å². The Morgan fingerprint density at radius 3 is 2.72 bits per heavy atom. The van der Waals surface area contributed by atoms with Crippen molar-refractivity contribution in [2.24, 2.45) is 0 Å². The molecule has 2 aromatic rings. The smallest absolute Gasteiger partial charge is 0.315 e. The van der Waals surface area contributed by atoms with Gasteiger partial charge in [-0.1, -0.05) is 18.2 Å². The van der Waals surface area contributed by atoms with Crippen LogP contribution < -0.4 is 10.3 Å². The highest BCUT2D eigenvalue weighted by molar-refractivity contribution is 5.76. The number of carbonyl (C=O) groups is 1. The van der Waals surface area contributed by atoms with Crippen LogP contribution in [-0.2, 0) is 6.54 Å². The van der Waals surface area contributed by atoms with Crippen molar-refractivity contribution in [2.45, 2.75) is 25.4 Å². The van der Waals surface area contributed by atoms with Crippen molar-refractivity contribution in [1.29, 1.82) is 0 Å². The number of hydrogen-bond acceptors (Lipinski definition) is 7.